The summed E-state index contributed by atoms with van der Waals surface area (Å²) >= 11 is 12.4. The molecule has 1 aromatic carbocycles. The molecule has 1 N–H and O–H groups in total. The lowest BCUT2D eigenvalue weighted by molar-refractivity contribution is -0.149. The van der Waals surface area contributed by atoms with Gasteiger partial charge in [0.15, 0.2) is 0 Å². The smallest absolute Gasteiger partial charge is 0.253 e. The van der Waals surface area contributed by atoms with Crippen LogP contribution in [0.2, 0.25) is 10.0 Å². The Morgan fingerprint density at radius 2 is 2.14 bits per heavy atom. The number of nitrogens with zero attached hydrogens (tertiary/aromatic N) is 1. The number of hydrogen-bond acceptors (Lipinski definition) is 3. The van der Waals surface area contributed by atoms with E-state index in [1.165, 1.54) is 0 Å². The van der Waals surface area contributed by atoms with Crippen molar-refractivity contribution in [2.75, 3.05) is 19.7 Å². The Balaban J connectivity index is 1.80. The molecule has 1 amide bonds. The van der Waals surface area contributed by atoms with Crippen LogP contribution in [-0.2, 0) is 16.0 Å². The van der Waals surface area contributed by atoms with E-state index >= 15 is 0 Å². The van der Waals surface area contributed by atoms with Crippen LogP contribution in [0.3, 0.4) is 0 Å². The first-order valence-electron chi connectivity index (χ1n) is 7.60. The normalized spacial score (nSPS) is 28.4. The number of benzene rings is 1. The topological polar surface area (TPSA) is 41.6 Å². The summed E-state index contributed by atoms with van der Waals surface area (Å²) in [5, 5.41) is 4.56. The maximum Gasteiger partial charge on any atom is 0.253 e. The molecule has 0 unspecified atom stereocenters. The zero-order valence-corrected chi connectivity index (χ0v) is 14.2. The lowest BCUT2D eigenvalue weighted by atomic mass is 9.93. The molecule has 0 bridgehead atoms. The Morgan fingerprint density at radius 3 is 2.82 bits per heavy atom. The van der Waals surface area contributed by atoms with Crippen molar-refractivity contribution in [3.8, 4) is 0 Å². The average Bonchev–Trinajstić information content (AvgIpc) is 2.47. The van der Waals surface area contributed by atoms with Crippen LogP contribution in [0.5, 0.6) is 0 Å². The highest BCUT2D eigenvalue weighted by atomic mass is 35.5. The predicted molar refractivity (Wildman–Crippen MR) is 87.5 cm³/mol. The fourth-order valence-electron chi connectivity index (χ4n) is 3.23. The summed E-state index contributed by atoms with van der Waals surface area (Å²) < 4.78 is 5.68. The first-order valence-corrected chi connectivity index (χ1v) is 8.36. The van der Waals surface area contributed by atoms with Crippen molar-refractivity contribution in [1.82, 2.24) is 10.2 Å². The molecule has 3 atom stereocenters. The van der Waals surface area contributed by atoms with E-state index < -0.39 is 6.10 Å². The van der Waals surface area contributed by atoms with E-state index in [0.717, 1.165) is 17.5 Å². The van der Waals surface area contributed by atoms with Gasteiger partial charge in [-0.3, -0.25) is 4.79 Å². The zero-order valence-electron chi connectivity index (χ0n) is 12.7. The summed E-state index contributed by atoms with van der Waals surface area (Å²) in [6, 6.07) is 3.91. The third-order valence-corrected chi connectivity index (χ3v) is 4.98. The van der Waals surface area contributed by atoms with Gasteiger partial charge in [0.2, 0.25) is 0 Å². The molecule has 1 fully saturated rings. The van der Waals surface area contributed by atoms with Crippen LogP contribution in [0.1, 0.15) is 31.0 Å². The van der Waals surface area contributed by atoms with Gasteiger partial charge >= 0.3 is 0 Å². The number of amides is 1. The second-order valence-electron chi connectivity index (χ2n) is 6.05. The molecule has 0 radical (unpaired) electrons. The van der Waals surface area contributed by atoms with E-state index in [0.29, 0.717) is 35.8 Å². The molecule has 1 aromatic rings. The van der Waals surface area contributed by atoms with E-state index in [1.807, 2.05) is 24.8 Å². The quantitative estimate of drug-likeness (QED) is 0.853. The van der Waals surface area contributed by atoms with Gasteiger partial charge in [0.05, 0.1) is 12.6 Å². The number of carbonyl (C=O) groups excluding carboxylic acids is 1. The summed E-state index contributed by atoms with van der Waals surface area (Å²) in [5.41, 5.74) is 2.13. The number of halogens is 2. The number of nitrogens with one attached hydrogen (secondary N) is 1. The Labute approximate surface area is 140 Å². The molecule has 120 valence electrons. The van der Waals surface area contributed by atoms with E-state index in [2.05, 4.69) is 5.32 Å². The second kappa shape index (κ2) is 6.36. The Bertz CT molecular complexity index is 586. The van der Waals surface area contributed by atoms with E-state index in [9.17, 15) is 4.79 Å². The molecule has 2 heterocycles. The van der Waals surface area contributed by atoms with Crippen molar-refractivity contribution in [3.63, 3.8) is 0 Å². The third kappa shape index (κ3) is 2.98. The minimum Gasteiger partial charge on any atom is -0.365 e. The van der Waals surface area contributed by atoms with E-state index in [1.54, 1.807) is 6.07 Å². The first-order chi connectivity index (χ1) is 10.5. The Morgan fingerprint density at radius 1 is 1.36 bits per heavy atom. The van der Waals surface area contributed by atoms with E-state index in [4.69, 9.17) is 27.9 Å². The Kier molecular flexibility index (Phi) is 4.64. The third-order valence-electron chi connectivity index (χ3n) is 4.44. The molecule has 0 spiro atoms. The van der Waals surface area contributed by atoms with Gasteiger partial charge in [-0.2, -0.15) is 0 Å². The van der Waals surface area contributed by atoms with Gasteiger partial charge in [-0.25, -0.2) is 0 Å². The second-order valence-corrected chi connectivity index (χ2v) is 6.89. The van der Waals surface area contributed by atoms with Crippen LogP contribution in [0.25, 0.3) is 0 Å². The van der Waals surface area contributed by atoms with Crippen LogP contribution < -0.4 is 5.32 Å². The largest absolute Gasteiger partial charge is 0.365 e. The maximum absolute atomic E-state index is 12.8. The van der Waals surface area contributed by atoms with Crippen molar-refractivity contribution in [2.45, 2.75) is 38.5 Å². The van der Waals surface area contributed by atoms with Gasteiger partial charge < -0.3 is 15.0 Å². The molecule has 6 heteroatoms. The highest BCUT2D eigenvalue weighted by Gasteiger charge is 2.35. The summed E-state index contributed by atoms with van der Waals surface area (Å²) in [6.07, 6.45) is 0.355. The highest BCUT2D eigenvalue weighted by molar-refractivity contribution is 6.35. The van der Waals surface area contributed by atoms with Gasteiger partial charge in [-0.05, 0) is 43.5 Å². The number of rotatable bonds is 1. The van der Waals surface area contributed by atoms with Crippen LogP contribution in [-0.4, -0.2) is 42.6 Å². The van der Waals surface area contributed by atoms with Crippen LogP contribution >= 0.6 is 23.2 Å². The molecule has 3 rings (SSSR count). The average molecular weight is 343 g/mol. The summed E-state index contributed by atoms with van der Waals surface area (Å²) in [7, 11) is 0. The predicted octanol–water partition coefficient (Wildman–Crippen LogP) is 2.82. The number of hydrogen-bond donors (Lipinski definition) is 1. The molecule has 0 saturated carbocycles. The summed E-state index contributed by atoms with van der Waals surface area (Å²) in [6.45, 7) is 5.84. The molecular formula is C16H20Cl2N2O2. The van der Waals surface area contributed by atoms with E-state index in [-0.39, 0.29) is 11.9 Å². The monoisotopic (exact) mass is 342 g/mol. The first kappa shape index (κ1) is 16.1. The minimum absolute atomic E-state index is 0.0311. The maximum atomic E-state index is 12.8. The number of ether oxygens (including phenoxy) is 1. The van der Waals surface area contributed by atoms with Crippen LogP contribution in [0.15, 0.2) is 12.1 Å². The fourth-order valence-corrected chi connectivity index (χ4v) is 3.93. The van der Waals surface area contributed by atoms with Gasteiger partial charge in [0.25, 0.3) is 5.91 Å². The molecule has 4 nitrogen and oxygen atoms in total. The zero-order chi connectivity index (χ0) is 15.9. The number of fused-ring (bicyclic) bond motifs is 1. The standard InChI is InChI=1S/C16H20Cl2N2O2/c1-9-8-22-14(7-19-9)16(21)20-4-3-11-5-12(17)6-13(18)15(11)10(20)2/h5-6,9-10,14,19H,3-4,7-8H2,1-2H3/t9-,10-,14+/m0/s1. The highest BCUT2D eigenvalue weighted by Crippen LogP contribution is 2.37. The van der Waals surface area contributed by atoms with Gasteiger partial charge in [0, 0.05) is 29.2 Å². The molecule has 1 saturated heterocycles. The molecular weight excluding hydrogens is 323 g/mol. The summed E-state index contributed by atoms with van der Waals surface area (Å²) in [4.78, 5) is 14.6. The molecule has 22 heavy (non-hydrogen) atoms. The number of morpholine rings is 1. The Hall–Kier alpha value is -0.810. The van der Waals surface area contributed by atoms with Crippen molar-refractivity contribution in [3.05, 3.63) is 33.3 Å². The van der Waals surface area contributed by atoms with Crippen molar-refractivity contribution < 1.29 is 9.53 Å². The lowest BCUT2D eigenvalue weighted by Gasteiger charge is -2.39. The van der Waals surface area contributed by atoms with Gasteiger partial charge in [-0.15, -0.1) is 0 Å². The van der Waals surface area contributed by atoms with Crippen molar-refractivity contribution >= 4 is 29.1 Å². The van der Waals surface area contributed by atoms with Crippen LogP contribution in [0, 0.1) is 0 Å². The molecule has 2 aliphatic heterocycles. The summed E-state index contributed by atoms with van der Waals surface area (Å²) in [5.74, 6) is 0.0311. The van der Waals surface area contributed by atoms with Crippen molar-refractivity contribution in [1.29, 1.82) is 0 Å². The van der Waals surface area contributed by atoms with Gasteiger partial charge in [-0.1, -0.05) is 23.2 Å². The van der Waals surface area contributed by atoms with Crippen molar-refractivity contribution in [2.24, 2.45) is 0 Å². The fraction of sp³-hybridized carbons (Fsp3) is 0.562. The molecule has 2 aliphatic rings. The van der Waals surface area contributed by atoms with Crippen LogP contribution in [0.4, 0.5) is 0 Å². The lowest BCUT2D eigenvalue weighted by Crippen LogP contribution is -2.53. The molecule has 0 aromatic heterocycles. The minimum atomic E-state index is -0.411. The molecule has 0 aliphatic carbocycles. The van der Waals surface area contributed by atoms with Gasteiger partial charge in [0.1, 0.15) is 6.10 Å². The SMILES string of the molecule is C[C@H]1CO[C@@H](C(=O)N2CCc3cc(Cl)cc(Cl)c3[C@@H]2C)CN1. The number of carbonyl (C=O) groups is 1.